The monoisotopic (exact) mass is 284 g/mol. The van der Waals surface area contributed by atoms with E-state index in [4.69, 9.17) is 0 Å². The van der Waals surface area contributed by atoms with Gasteiger partial charge >= 0.3 is 0 Å². The van der Waals surface area contributed by atoms with Gasteiger partial charge in [-0.05, 0) is 44.6 Å². The quantitative estimate of drug-likeness (QED) is 0.921. The Labute approximate surface area is 126 Å². The van der Waals surface area contributed by atoms with Crippen molar-refractivity contribution in [3.8, 4) is 0 Å². The average Bonchev–Trinajstić information content (AvgIpc) is 3.35. The van der Waals surface area contributed by atoms with Gasteiger partial charge in [-0.3, -0.25) is 10.1 Å². The number of benzene rings is 1. The van der Waals surface area contributed by atoms with E-state index in [0.29, 0.717) is 11.9 Å². The molecular weight excluding hydrogens is 260 g/mol. The summed E-state index contributed by atoms with van der Waals surface area (Å²) in [5, 5.41) is 3.63. The predicted octanol–water partition coefficient (Wildman–Crippen LogP) is 3.15. The van der Waals surface area contributed by atoms with Crippen LogP contribution in [-0.4, -0.2) is 22.4 Å². The summed E-state index contributed by atoms with van der Waals surface area (Å²) in [4.78, 5) is 15.0. The molecule has 2 aliphatic carbocycles. The maximum atomic E-state index is 12.8. The van der Waals surface area contributed by atoms with Crippen molar-refractivity contribution in [2.45, 2.75) is 63.7 Å². The van der Waals surface area contributed by atoms with Crippen LogP contribution < -0.4 is 5.32 Å². The fourth-order valence-corrected chi connectivity index (χ4v) is 3.64. The van der Waals surface area contributed by atoms with Crippen LogP contribution in [0.4, 0.5) is 0 Å². The standard InChI is InChI=1S/C18H24N2O/c1-12-3-7-15(8-4-12)16-19-18(9-10-18)17(21)20(16)13(2)11-14-5-6-14/h3-4,7-8,13-14,16,19H,5-6,9-11H2,1-2H3. The molecule has 3 nitrogen and oxygen atoms in total. The first-order valence-electron chi connectivity index (χ1n) is 8.26. The summed E-state index contributed by atoms with van der Waals surface area (Å²) in [6.45, 7) is 4.33. The molecule has 3 fully saturated rings. The van der Waals surface area contributed by atoms with Gasteiger partial charge in [0, 0.05) is 6.04 Å². The zero-order chi connectivity index (χ0) is 14.6. The Kier molecular flexibility index (Phi) is 2.90. The molecule has 1 spiro atoms. The lowest BCUT2D eigenvalue weighted by molar-refractivity contribution is -0.133. The summed E-state index contributed by atoms with van der Waals surface area (Å²) >= 11 is 0. The van der Waals surface area contributed by atoms with Crippen LogP contribution in [-0.2, 0) is 4.79 Å². The zero-order valence-corrected chi connectivity index (χ0v) is 12.9. The average molecular weight is 284 g/mol. The summed E-state index contributed by atoms with van der Waals surface area (Å²) in [5.41, 5.74) is 2.26. The van der Waals surface area contributed by atoms with Crippen LogP contribution in [0.2, 0.25) is 0 Å². The number of carbonyl (C=O) groups excluding carboxylic acids is 1. The van der Waals surface area contributed by atoms with Crippen LogP contribution in [0.5, 0.6) is 0 Å². The summed E-state index contributed by atoms with van der Waals surface area (Å²) < 4.78 is 0. The van der Waals surface area contributed by atoms with Crippen LogP contribution in [0.25, 0.3) is 0 Å². The Morgan fingerprint density at radius 3 is 2.52 bits per heavy atom. The Bertz CT molecular complexity index is 557. The molecule has 2 saturated carbocycles. The van der Waals surface area contributed by atoms with E-state index in [2.05, 4.69) is 48.3 Å². The summed E-state index contributed by atoms with van der Waals surface area (Å²) in [5.74, 6) is 1.18. The van der Waals surface area contributed by atoms with E-state index >= 15 is 0 Å². The molecule has 2 atom stereocenters. The van der Waals surface area contributed by atoms with Crippen molar-refractivity contribution in [3.05, 3.63) is 35.4 Å². The van der Waals surface area contributed by atoms with Crippen molar-refractivity contribution in [1.29, 1.82) is 0 Å². The molecule has 1 heterocycles. The van der Waals surface area contributed by atoms with Crippen LogP contribution in [0.3, 0.4) is 0 Å². The first-order valence-corrected chi connectivity index (χ1v) is 8.26. The second-order valence-corrected chi connectivity index (χ2v) is 7.28. The van der Waals surface area contributed by atoms with Gasteiger partial charge in [0.05, 0.1) is 0 Å². The van der Waals surface area contributed by atoms with E-state index < -0.39 is 0 Å². The summed E-state index contributed by atoms with van der Waals surface area (Å²) in [6, 6.07) is 8.95. The molecule has 21 heavy (non-hydrogen) atoms. The van der Waals surface area contributed by atoms with Crippen molar-refractivity contribution in [2.24, 2.45) is 5.92 Å². The van der Waals surface area contributed by atoms with Gasteiger partial charge in [-0.15, -0.1) is 0 Å². The van der Waals surface area contributed by atoms with Gasteiger partial charge in [-0.1, -0.05) is 42.7 Å². The lowest BCUT2D eigenvalue weighted by atomic mass is 10.1. The van der Waals surface area contributed by atoms with Crippen molar-refractivity contribution < 1.29 is 4.79 Å². The third-order valence-electron chi connectivity index (χ3n) is 5.32. The summed E-state index contributed by atoms with van der Waals surface area (Å²) in [6.07, 6.45) is 5.92. The molecule has 1 N–H and O–H groups in total. The molecule has 1 aromatic rings. The zero-order valence-electron chi connectivity index (χ0n) is 12.9. The van der Waals surface area contributed by atoms with E-state index in [1.165, 1.54) is 24.0 Å². The van der Waals surface area contributed by atoms with Crippen LogP contribution >= 0.6 is 0 Å². The highest BCUT2D eigenvalue weighted by molar-refractivity contribution is 5.92. The minimum atomic E-state index is -0.229. The lowest BCUT2D eigenvalue weighted by Crippen LogP contribution is -2.39. The first kappa shape index (κ1) is 13.3. The summed E-state index contributed by atoms with van der Waals surface area (Å²) in [7, 11) is 0. The molecule has 2 unspecified atom stereocenters. The topological polar surface area (TPSA) is 32.3 Å². The number of nitrogens with zero attached hydrogens (tertiary/aromatic N) is 1. The SMILES string of the molecule is Cc1ccc(C2NC3(CC3)C(=O)N2C(C)CC2CC2)cc1. The molecule has 3 heteroatoms. The number of aryl methyl sites for hydroxylation is 1. The highest BCUT2D eigenvalue weighted by Gasteiger charge is 2.60. The molecule has 3 aliphatic rings. The Balaban J connectivity index is 1.62. The lowest BCUT2D eigenvalue weighted by Gasteiger charge is -2.31. The molecule has 0 radical (unpaired) electrons. The number of hydrogen-bond acceptors (Lipinski definition) is 2. The van der Waals surface area contributed by atoms with Gasteiger partial charge in [0.15, 0.2) is 0 Å². The molecule has 1 amide bonds. The maximum absolute atomic E-state index is 12.8. The largest absolute Gasteiger partial charge is 0.319 e. The van der Waals surface area contributed by atoms with Gasteiger partial charge < -0.3 is 4.90 Å². The van der Waals surface area contributed by atoms with Crippen molar-refractivity contribution in [2.75, 3.05) is 0 Å². The third kappa shape index (κ3) is 2.28. The van der Waals surface area contributed by atoms with Crippen molar-refractivity contribution >= 4 is 5.91 Å². The van der Waals surface area contributed by atoms with E-state index in [-0.39, 0.29) is 11.7 Å². The van der Waals surface area contributed by atoms with E-state index in [1.807, 2.05) is 0 Å². The van der Waals surface area contributed by atoms with E-state index in [9.17, 15) is 4.79 Å². The number of carbonyl (C=O) groups is 1. The number of nitrogens with one attached hydrogen (secondary N) is 1. The smallest absolute Gasteiger partial charge is 0.244 e. The first-order chi connectivity index (χ1) is 10.1. The molecule has 112 valence electrons. The molecule has 0 bridgehead atoms. The Hall–Kier alpha value is -1.35. The Morgan fingerprint density at radius 1 is 1.29 bits per heavy atom. The van der Waals surface area contributed by atoms with Gasteiger partial charge in [0.2, 0.25) is 5.91 Å². The molecule has 0 aromatic heterocycles. The molecule has 1 aromatic carbocycles. The number of hydrogen-bond donors (Lipinski definition) is 1. The highest BCUT2D eigenvalue weighted by atomic mass is 16.2. The Morgan fingerprint density at radius 2 is 1.95 bits per heavy atom. The van der Waals surface area contributed by atoms with Gasteiger partial charge in [0.25, 0.3) is 0 Å². The number of amides is 1. The van der Waals surface area contributed by atoms with Crippen LogP contribution in [0, 0.1) is 12.8 Å². The minimum Gasteiger partial charge on any atom is -0.319 e. The minimum absolute atomic E-state index is 0.0642. The molecule has 1 saturated heterocycles. The second-order valence-electron chi connectivity index (χ2n) is 7.28. The van der Waals surface area contributed by atoms with E-state index in [1.54, 1.807) is 0 Å². The van der Waals surface area contributed by atoms with Crippen LogP contribution in [0.1, 0.15) is 56.3 Å². The molecule has 1 aliphatic heterocycles. The van der Waals surface area contributed by atoms with Gasteiger partial charge in [0.1, 0.15) is 11.7 Å². The fourth-order valence-electron chi connectivity index (χ4n) is 3.64. The van der Waals surface area contributed by atoms with E-state index in [0.717, 1.165) is 25.2 Å². The highest BCUT2D eigenvalue weighted by Crippen LogP contribution is 2.48. The second kappa shape index (κ2) is 4.57. The van der Waals surface area contributed by atoms with Gasteiger partial charge in [-0.25, -0.2) is 0 Å². The predicted molar refractivity (Wildman–Crippen MR) is 82.7 cm³/mol. The van der Waals surface area contributed by atoms with Crippen molar-refractivity contribution in [1.82, 2.24) is 10.2 Å². The third-order valence-corrected chi connectivity index (χ3v) is 5.32. The normalized spacial score (nSPS) is 28.2. The van der Waals surface area contributed by atoms with Crippen LogP contribution in [0.15, 0.2) is 24.3 Å². The molecule has 4 rings (SSSR count). The van der Waals surface area contributed by atoms with Crippen molar-refractivity contribution in [3.63, 3.8) is 0 Å². The van der Waals surface area contributed by atoms with Gasteiger partial charge in [-0.2, -0.15) is 0 Å². The number of rotatable bonds is 4. The maximum Gasteiger partial charge on any atom is 0.244 e. The fraction of sp³-hybridized carbons (Fsp3) is 0.611. The molecular formula is C18H24N2O.